The molecule has 2 aromatic rings. The molecule has 0 spiro atoms. The summed E-state index contributed by atoms with van der Waals surface area (Å²) in [5.74, 6) is 0.620. The minimum absolute atomic E-state index is 0.127. The third-order valence-corrected chi connectivity index (χ3v) is 4.02. The first-order valence-corrected chi connectivity index (χ1v) is 7.81. The lowest BCUT2D eigenvalue weighted by atomic mass is 10.3. The summed E-state index contributed by atoms with van der Waals surface area (Å²) in [5.41, 5.74) is 0.781. The van der Waals surface area contributed by atoms with Gasteiger partial charge in [-0.05, 0) is 34.1 Å². The quantitative estimate of drug-likeness (QED) is 0.828. The Bertz CT molecular complexity index is 601. The molecule has 100 valence electrons. The van der Waals surface area contributed by atoms with Crippen LogP contribution in [0.5, 0.6) is 5.75 Å². The molecule has 1 amide bonds. The third-order valence-electron chi connectivity index (χ3n) is 2.10. The van der Waals surface area contributed by atoms with Gasteiger partial charge in [0.15, 0.2) is 5.13 Å². The lowest BCUT2D eigenvalue weighted by Gasteiger charge is -2.06. The Kier molecular flexibility index (Phi) is 4.95. The van der Waals surface area contributed by atoms with E-state index in [0.29, 0.717) is 11.7 Å². The number of rotatable bonds is 4. The van der Waals surface area contributed by atoms with Crippen molar-refractivity contribution < 1.29 is 9.53 Å². The van der Waals surface area contributed by atoms with Crippen LogP contribution in [0.15, 0.2) is 32.5 Å². The van der Waals surface area contributed by atoms with Crippen LogP contribution in [0.4, 0.5) is 5.13 Å². The minimum Gasteiger partial charge on any atom is -0.486 e. The average molecular weight is 406 g/mol. The smallest absolute Gasteiger partial charge is 0.223 e. The fraction of sp³-hybridized carbons (Fsp3) is 0.167. The standard InChI is InChI=1S/C12H10Br2N2O2S/c1-7(17)15-12-16-9(6-19-12)5-18-11-3-2-8(13)4-10(11)14/h2-4,6H,5H2,1H3,(H,15,16,17). The van der Waals surface area contributed by atoms with Gasteiger partial charge in [0.05, 0.1) is 10.2 Å². The van der Waals surface area contributed by atoms with Gasteiger partial charge in [-0.1, -0.05) is 15.9 Å². The van der Waals surface area contributed by atoms with E-state index in [9.17, 15) is 4.79 Å². The number of carbonyl (C=O) groups is 1. The van der Waals surface area contributed by atoms with E-state index in [-0.39, 0.29) is 5.91 Å². The first-order chi connectivity index (χ1) is 9.04. The SMILES string of the molecule is CC(=O)Nc1nc(COc2ccc(Br)cc2Br)cs1. The third kappa shape index (κ3) is 4.29. The minimum atomic E-state index is -0.127. The van der Waals surface area contributed by atoms with E-state index in [4.69, 9.17) is 4.74 Å². The van der Waals surface area contributed by atoms with Gasteiger partial charge in [-0.3, -0.25) is 4.79 Å². The zero-order valence-electron chi connectivity index (χ0n) is 9.94. The summed E-state index contributed by atoms with van der Waals surface area (Å²) in [6.45, 7) is 1.81. The largest absolute Gasteiger partial charge is 0.486 e. The summed E-state index contributed by atoms with van der Waals surface area (Å²) in [7, 11) is 0. The summed E-state index contributed by atoms with van der Waals surface area (Å²) in [4.78, 5) is 15.1. The molecule has 0 aliphatic carbocycles. The van der Waals surface area contributed by atoms with Gasteiger partial charge in [0.25, 0.3) is 0 Å². The monoisotopic (exact) mass is 404 g/mol. The van der Waals surface area contributed by atoms with Crippen molar-refractivity contribution in [2.75, 3.05) is 5.32 Å². The van der Waals surface area contributed by atoms with Crippen molar-refractivity contribution in [3.63, 3.8) is 0 Å². The highest BCUT2D eigenvalue weighted by Gasteiger charge is 2.06. The van der Waals surface area contributed by atoms with Gasteiger partial charge in [-0.2, -0.15) is 0 Å². The van der Waals surface area contributed by atoms with Crippen LogP contribution < -0.4 is 10.1 Å². The first kappa shape index (κ1) is 14.5. The second kappa shape index (κ2) is 6.49. The van der Waals surface area contributed by atoms with Gasteiger partial charge in [-0.25, -0.2) is 4.98 Å². The molecule has 0 fully saturated rings. The number of hydrogen-bond acceptors (Lipinski definition) is 4. The molecule has 2 rings (SSSR count). The Balaban J connectivity index is 1.98. The molecule has 1 aromatic carbocycles. The fourth-order valence-electron chi connectivity index (χ4n) is 1.33. The normalized spacial score (nSPS) is 10.3. The van der Waals surface area contributed by atoms with Gasteiger partial charge >= 0.3 is 0 Å². The molecule has 4 nitrogen and oxygen atoms in total. The highest BCUT2D eigenvalue weighted by atomic mass is 79.9. The number of halogens is 2. The summed E-state index contributed by atoms with van der Waals surface area (Å²) >= 11 is 8.19. The molecule has 1 N–H and O–H groups in total. The number of thiazole rings is 1. The van der Waals surface area contributed by atoms with Gasteiger partial charge in [0.2, 0.25) is 5.91 Å². The molecule has 0 saturated heterocycles. The second-order valence-corrected chi connectivity index (χ2v) is 6.32. The van der Waals surface area contributed by atoms with Gasteiger partial charge < -0.3 is 10.1 Å². The number of hydrogen-bond donors (Lipinski definition) is 1. The Morgan fingerprint density at radius 2 is 2.26 bits per heavy atom. The van der Waals surface area contributed by atoms with E-state index < -0.39 is 0 Å². The lowest BCUT2D eigenvalue weighted by Crippen LogP contribution is -2.05. The Morgan fingerprint density at radius 3 is 2.95 bits per heavy atom. The van der Waals surface area contributed by atoms with E-state index in [2.05, 4.69) is 42.2 Å². The number of nitrogens with one attached hydrogen (secondary N) is 1. The Morgan fingerprint density at radius 1 is 1.47 bits per heavy atom. The average Bonchev–Trinajstić information content (AvgIpc) is 2.74. The highest BCUT2D eigenvalue weighted by molar-refractivity contribution is 9.11. The van der Waals surface area contributed by atoms with Crippen LogP contribution in [0, 0.1) is 0 Å². The Hall–Kier alpha value is -0.920. The van der Waals surface area contributed by atoms with Crippen LogP contribution in [0.25, 0.3) is 0 Å². The van der Waals surface area contributed by atoms with Crippen LogP contribution in [-0.4, -0.2) is 10.9 Å². The molecular formula is C12H10Br2N2O2S. The van der Waals surface area contributed by atoms with Crippen LogP contribution >= 0.6 is 43.2 Å². The maximum Gasteiger partial charge on any atom is 0.223 e. The topological polar surface area (TPSA) is 51.2 Å². The van der Waals surface area contributed by atoms with E-state index in [1.165, 1.54) is 18.3 Å². The number of anilines is 1. The van der Waals surface area contributed by atoms with Crippen LogP contribution in [0.2, 0.25) is 0 Å². The molecule has 19 heavy (non-hydrogen) atoms. The first-order valence-electron chi connectivity index (χ1n) is 5.34. The van der Waals surface area contributed by atoms with E-state index >= 15 is 0 Å². The maximum absolute atomic E-state index is 10.9. The van der Waals surface area contributed by atoms with E-state index in [1.54, 1.807) is 0 Å². The fourth-order valence-corrected chi connectivity index (χ4v) is 3.23. The number of ether oxygens (including phenoxy) is 1. The molecule has 0 aliphatic heterocycles. The molecule has 7 heteroatoms. The van der Waals surface area contributed by atoms with Crippen molar-refractivity contribution in [1.82, 2.24) is 4.98 Å². The van der Waals surface area contributed by atoms with Crippen LogP contribution in [0.1, 0.15) is 12.6 Å². The summed E-state index contributed by atoms with van der Waals surface area (Å²) in [6.07, 6.45) is 0. The molecule has 0 saturated carbocycles. The van der Waals surface area contributed by atoms with Gasteiger partial charge in [0.1, 0.15) is 12.4 Å². The lowest BCUT2D eigenvalue weighted by molar-refractivity contribution is -0.114. The summed E-state index contributed by atoms with van der Waals surface area (Å²) < 4.78 is 7.51. The van der Waals surface area contributed by atoms with Crippen LogP contribution in [-0.2, 0) is 11.4 Å². The number of nitrogens with zero attached hydrogens (tertiary/aromatic N) is 1. The zero-order chi connectivity index (χ0) is 13.8. The van der Waals surface area contributed by atoms with Gasteiger partial charge in [0, 0.05) is 16.8 Å². The second-order valence-electron chi connectivity index (χ2n) is 3.69. The predicted molar refractivity (Wildman–Crippen MR) is 82.6 cm³/mol. The number of carbonyl (C=O) groups excluding carboxylic acids is 1. The predicted octanol–water partition coefficient (Wildman–Crippen LogP) is 4.21. The van der Waals surface area contributed by atoms with E-state index in [0.717, 1.165) is 20.4 Å². The number of aromatic nitrogens is 1. The van der Waals surface area contributed by atoms with Crippen molar-refractivity contribution in [2.45, 2.75) is 13.5 Å². The van der Waals surface area contributed by atoms with Crippen LogP contribution in [0.3, 0.4) is 0 Å². The maximum atomic E-state index is 10.9. The molecule has 0 bridgehead atoms. The summed E-state index contributed by atoms with van der Waals surface area (Å²) in [5, 5.41) is 5.08. The molecule has 0 radical (unpaired) electrons. The molecule has 1 aromatic heterocycles. The molecule has 0 unspecified atom stereocenters. The van der Waals surface area contributed by atoms with Crippen molar-refractivity contribution in [2.24, 2.45) is 0 Å². The van der Waals surface area contributed by atoms with Crippen molar-refractivity contribution in [3.05, 3.63) is 38.2 Å². The van der Waals surface area contributed by atoms with Crippen molar-refractivity contribution in [1.29, 1.82) is 0 Å². The van der Waals surface area contributed by atoms with Crippen molar-refractivity contribution >= 4 is 54.2 Å². The summed E-state index contributed by atoms with van der Waals surface area (Å²) in [6, 6.07) is 5.69. The molecule has 0 atom stereocenters. The van der Waals surface area contributed by atoms with Crippen molar-refractivity contribution in [3.8, 4) is 5.75 Å². The molecule has 0 aliphatic rings. The Labute approximate surface area is 131 Å². The number of benzene rings is 1. The molecular weight excluding hydrogens is 396 g/mol. The number of amides is 1. The highest BCUT2D eigenvalue weighted by Crippen LogP contribution is 2.29. The van der Waals surface area contributed by atoms with E-state index in [1.807, 2.05) is 23.6 Å². The zero-order valence-corrected chi connectivity index (χ0v) is 13.9. The molecule has 1 heterocycles. The van der Waals surface area contributed by atoms with Gasteiger partial charge in [-0.15, -0.1) is 11.3 Å².